The lowest BCUT2D eigenvalue weighted by molar-refractivity contribution is -0.137. The van der Waals surface area contributed by atoms with Crippen LogP contribution in [0.4, 0.5) is 18.9 Å². The smallest absolute Gasteiger partial charge is 0.355 e. The van der Waals surface area contributed by atoms with Crippen LogP contribution in [0.3, 0.4) is 0 Å². The first-order chi connectivity index (χ1) is 13.2. The number of alkyl halides is 3. The van der Waals surface area contributed by atoms with Crippen molar-refractivity contribution in [2.75, 3.05) is 18.4 Å². The first-order valence-corrected chi connectivity index (χ1v) is 8.28. The second kappa shape index (κ2) is 9.03. The fourth-order valence-corrected chi connectivity index (χ4v) is 2.24. The summed E-state index contributed by atoms with van der Waals surface area (Å²) in [7, 11) is 0. The van der Waals surface area contributed by atoms with E-state index in [1.54, 1.807) is 0 Å². The van der Waals surface area contributed by atoms with Gasteiger partial charge in [0, 0.05) is 36.8 Å². The minimum Gasteiger partial charge on any atom is -0.355 e. The third-order valence-electron chi connectivity index (χ3n) is 3.66. The molecule has 28 heavy (non-hydrogen) atoms. The second-order valence-corrected chi connectivity index (χ2v) is 5.85. The van der Waals surface area contributed by atoms with Crippen LogP contribution in [0.2, 0.25) is 0 Å². The Hall–Kier alpha value is -3.36. The zero-order valence-corrected chi connectivity index (χ0v) is 14.9. The molecule has 0 aromatic heterocycles. The maximum Gasteiger partial charge on any atom is 0.416 e. The Bertz CT molecular complexity index is 847. The van der Waals surface area contributed by atoms with Crippen molar-refractivity contribution in [1.29, 1.82) is 0 Å². The van der Waals surface area contributed by atoms with Crippen molar-refractivity contribution in [3.05, 3.63) is 65.2 Å². The molecule has 0 unspecified atom stereocenters. The van der Waals surface area contributed by atoms with Gasteiger partial charge in [-0.2, -0.15) is 13.2 Å². The summed E-state index contributed by atoms with van der Waals surface area (Å²) in [5.41, 5.74) is -0.0132. The van der Waals surface area contributed by atoms with Crippen LogP contribution in [0.5, 0.6) is 0 Å². The Morgan fingerprint density at radius 2 is 1.29 bits per heavy atom. The molecule has 0 aliphatic heterocycles. The Balaban J connectivity index is 1.92. The summed E-state index contributed by atoms with van der Waals surface area (Å²) >= 11 is 0. The van der Waals surface area contributed by atoms with E-state index in [1.807, 2.05) is 0 Å². The van der Waals surface area contributed by atoms with Crippen LogP contribution in [0.15, 0.2) is 48.5 Å². The Labute approximate surface area is 159 Å². The average Bonchev–Trinajstić information content (AvgIpc) is 2.65. The fourth-order valence-electron chi connectivity index (χ4n) is 2.24. The number of hydrogen-bond donors (Lipinski definition) is 3. The number of amides is 3. The van der Waals surface area contributed by atoms with Crippen LogP contribution in [0.1, 0.15) is 33.2 Å². The number of halogens is 3. The summed E-state index contributed by atoms with van der Waals surface area (Å²) in [6.07, 6.45) is -4.46. The summed E-state index contributed by atoms with van der Waals surface area (Å²) in [6.45, 7) is 1.95. The molecule has 0 spiro atoms. The molecule has 0 bridgehead atoms. The molecule has 0 saturated heterocycles. The van der Waals surface area contributed by atoms with Gasteiger partial charge >= 0.3 is 6.18 Å². The lowest BCUT2D eigenvalue weighted by Gasteiger charge is -2.09. The molecule has 0 aliphatic carbocycles. The lowest BCUT2D eigenvalue weighted by Crippen LogP contribution is -2.33. The molecule has 2 aromatic carbocycles. The number of hydrogen-bond acceptors (Lipinski definition) is 3. The van der Waals surface area contributed by atoms with Crippen molar-refractivity contribution in [2.45, 2.75) is 13.1 Å². The highest BCUT2D eigenvalue weighted by molar-refractivity contribution is 6.04. The molecule has 2 aromatic rings. The second-order valence-electron chi connectivity index (χ2n) is 5.85. The van der Waals surface area contributed by atoms with Gasteiger partial charge in [-0.25, -0.2) is 0 Å². The van der Waals surface area contributed by atoms with Gasteiger partial charge in [0.1, 0.15) is 0 Å². The standard InChI is InChI=1S/C19H18F3N3O3/c1-12(26)23-10-11-24-17(27)13-4-8-16(9-5-13)25-18(28)14-2-6-15(7-3-14)19(20,21)22/h2-9H,10-11H2,1H3,(H,23,26)(H,24,27)(H,25,28). The lowest BCUT2D eigenvalue weighted by atomic mass is 10.1. The van der Waals surface area contributed by atoms with E-state index in [2.05, 4.69) is 16.0 Å². The van der Waals surface area contributed by atoms with Crippen molar-refractivity contribution in [1.82, 2.24) is 10.6 Å². The third-order valence-corrected chi connectivity index (χ3v) is 3.66. The van der Waals surface area contributed by atoms with Gasteiger partial charge in [-0.1, -0.05) is 0 Å². The van der Waals surface area contributed by atoms with E-state index in [0.29, 0.717) is 17.8 Å². The quantitative estimate of drug-likeness (QED) is 0.660. The normalized spacial score (nSPS) is 10.9. The van der Waals surface area contributed by atoms with Crippen molar-refractivity contribution >= 4 is 23.4 Å². The molecule has 0 radical (unpaired) electrons. The van der Waals surface area contributed by atoms with Gasteiger partial charge in [0.05, 0.1) is 5.56 Å². The Kier molecular flexibility index (Phi) is 6.75. The molecule has 6 nitrogen and oxygen atoms in total. The first-order valence-electron chi connectivity index (χ1n) is 8.28. The highest BCUT2D eigenvalue weighted by Crippen LogP contribution is 2.29. The first kappa shape index (κ1) is 20.9. The molecule has 9 heteroatoms. The van der Waals surface area contributed by atoms with E-state index < -0.39 is 17.6 Å². The van der Waals surface area contributed by atoms with Gasteiger partial charge in [-0.05, 0) is 48.5 Å². The molecule has 0 heterocycles. The van der Waals surface area contributed by atoms with E-state index >= 15 is 0 Å². The van der Waals surface area contributed by atoms with Crippen LogP contribution in [0.25, 0.3) is 0 Å². The van der Waals surface area contributed by atoms with Crippen LogP contribution in [-0.2, 0) is 11.0 Å². The van der Waals surface area contributed by atoms with E-state index in [4.69, 9.17) is 0 Å². The minimum atomic E-state index is -4.46. The molecule has 3 amide bonds. The zero-order valence-electron chi connectivity index (χ0n) is 14.9. The van der Waals surface area contributed by atoms with Gasteiger partial charge in [0.15, 0.2) is 0 Å². The summed E-state index contributed by atoms with van der Waals surface area (Å²) in [5, 5.41) is 7.72. The molecule has 148 valence electrons. The van der Waals surface area contributed by atoms with Crippen LogP contribution >= 0.6 is 0 Å². The Morgan fingerprint density at radius 3 is 1.82 bits per heavy atom. The molecule has 0 atom stereocenters. The molecule has 0 fully saturated rings. The molecular formula is C19H18F3N3O3. The number of benzene rings is 2. The van der Waals surface area contributed by atoms with Crippen molar-refractivity contribution in [3.63, 3.8) is 0 Å². The summed E-state index contributed by atoms with van der Waals surface area (Å²) in [5.74, 6) is -1.10. The van der Waals surface area contributed by atoms with Crippen LogP contribution in [0, 0.1) is 0 Å². The van der Waals surface area contributed by atoms with Crippen molar-refractivity contribution in [3.8, 4) is 0 Å². The largest absolute Gasteiger partial charge is 0.416 e. The molecule has 2 rings (SSSR count). The summed E-state index contributed by atoms with van der Waals surface area (Å²) in [6, 6.07) is 9.86. The molecular weight excluding hydrogens is 375 g/mol. The molecule has 0 saturated carbocycles. The zero-order chi connectivity index (χ0) is 20.7. The van der Waals surface area contributed by atoms with E-state index in [9.17, 15) is 27.6 Å². The Morgan fingerprint density at radius 1 is 0.786 bits per heavy atom. The number of anilines is 1. The van der Waals surface area contributed by atoms with Gasteiger partial charge < -0.3 is 16.0 Å². The van der Waals surface area contributed by atoms with Crippen molar-refractivity contribution in [2.24, 2.45) is 0 Å². The van der Waals surface area contributed by atoms with E-state index in [-0.39, 0.29) is 23.9 Å². The monoisotopic (exact) mass is 393 g/mol. The number of nitrogens with one attached hydrogen (secondary N) is 3. The maximum absolute atomic E-state index is 12.6. The summed E-state index contributed by atoms with van der Waals surface area (Å²) < 4.78 is 37.7. The fraction of sp³-hybridized carbons (Fsp3) is 0.211. The SMILES string of the molecule is CC(=O)NCCNC(=O)c1ccc(NC(=O)c2ccc(C(F)(F)F)cc2)cc1. The molecule has 0 aliphatic rings. The predicted octanol–water partition coefficient (Wildman–Crippen LogP) is 2.82. The highest BCUT2D eigenvalue weighted by Gasteiger charge is 2.30. The number of carbonyl (C=O) groups is 3. The highest BCUT2D eigenvalue weighted by atomic mass is 19.4. The third kappa shape index (κ3) is 6.11. The van der Waals surface area contributed by atoms with E-state index in [1.165, 1.54) is 31.2 Å². The predicted molar refractivity (Wildman–Crippen MR) is 96.9 cm³/mol. The van der Waals surface area contributed by atoms with Crippen LogP contribution < -0.4 is 16.0 Å². The van der Waals surface area contributed by atoms with Crippen LogP contribution in [-0.4, -0.2) is 30.8 Å². The van der Waals surface area contributed by atoms with Crippen molar-refractivity contribution < 1.29 is 27.6 Å². The van der Waals surface area contributed by atoms with Gasteiger partial charge in [0.25, 0.3) is 11.8 Å². The van der Waals surface area contributed by atoms with E-state index in [0.717, 1.165) is 24.3 Å². The topological polar surface area (TPSA) is 87.3 Å². The average molecular weight is 393 g/mol. The molecule has 3 N–H and O–H groups in total. The minimum absolute atomic E-state index is 0.0767. The number of rotatable bonds is 6. The summed E-state index contributed by atoms with van der Waals surface area (Å²) in [4.78, 5) is 34.8. The van der Waals surface area contributed by atoms with Gasteiger partial charge in [-0.3, -0.25) is 14.4 Å². The number of carbonyl (C=O) groups excluding carboxylic acids is 3. The maximum atomic E-state index is 12.6. The van der Waals surface area contributed by atoms with Gasteiger partial charge in [-0.15, -0.1) is 0 Å². The van der Waals surface area contributed by atoms with Gasteiger partial charge in [0.2, 0.25) is 5.91 Å².